The van der Waals surface area contributed by atoms with Crippen molar-refractivity contribution in [3.05, 3.63) is 17.7 Å². The molecule has 0 bridgehead atoms. The van der Waals surface area contributed by atoms with Crippen molar-refractivity contribution in [3.63, 3.8) is 0 Å². The molecule has 1 rings (SSSR count). The minimum Gasteiger partial charge on any atom is -0.496 e. The summed E-state index contributed by atoms with van der Waals surface area (Å²) in [7, 11) is -0.693. The number of benzene rings is 1. The van der Waals surface area contributed by atoms with Crippen molar-refractivity contribution >= 4 is 15.8 Å². The lowest BCUT2D eigenvalue weighted by molar-refractivity contribution is -0.141. The van der Waals surface area contributed by atoms with Gasteiger partial charge in [-0.1, -0.05) is 6.92 Å². The first-order valence-electron chi connectivity index (χ1n) is 5.88. The molecule has 0 aliphatic carbocycles. The molecule has 7 heteroatoms. The highest BCUT2D eigenvalue weighted by Gasteiger charge is 2.21. The molecule has 0 radical (unpaired) electrons. The van der Waals surface area contributed by atoms with Crippen LogP contribution in [0.4, 0.5) is 0 Å². The molecule has 1 unspecified atom stereocenters. The molecular weight excluding hydrogens is 284 g/mol. The van der Waals surface area contributed by atoms with Crippen molar-refractivity contribution in [1.29, 1.82) is 0 Å². The smallest absolute Gasteiger partial charge is 0.306 e. The Morgan fingerprint density at radius 1 is 1.25 bits per heavy atom. The topological polar surface area (TPSA) is 89.9 Å². The maximum Gasteiger partial charge on any atom is 0.306 e. The van der Waals surface area contributed by atoms with Crippen molar-refractivity contribution in [2.45, 2.75) is 18.2 Å². The normalized spacial score (nSPS) is 12.8. The number of sulfone groups is 1. The van der Waals surface area contributed by atoms with Crippen molar-refractivity contribution in [3.8, 4) is 11.5 Å². The first-order chi connectivity index (χ1) is 9.20. The van der Waals surface area contributed by atoms with Crippen LogP contribution in [0.2, 0.25) is 0 Å². The third kappa shape index (κ3) is 3.63. The maximum atomic E-state index is 11.7. The van der Waals surface area contributed by atoms with Gasteiger partial charge in [-0.3, -0.25) is 4.79 Å². The van der Waals surface area contributed by atoms with E-state index in [4.69, 9.17) is 14.6 Å². The van der Waals surface area contributed by atoms with Crippen LogP contribution in [0.5, 0.6) is 11.5 Å². The van der Waals surface area contributed by atoms with E-state index in [1.807, 2.05) is 0 Å². The van der Waals surface area contributed by atoms with E-state index in [-0.39, 0.29) is 17.1 Å². The van der Waals surface area contributed by atoms with Crippen LogP contribution in [-0.2, 0) is 21.1 Å². The Hall–Kier alpha value is -1.76. The maximum absolute atomic E-state index is 11.7. The van der Waals surface area contributed by atoms with E-state index in [1.165, 1.54) is 26.4 Å². The molecule has 0 heterocycles. The van der Waals surface area contributed by atoms with Crippen molar-refractivity contribution in [2.75, 3.05) is 20.5 Å². The van der Waals surface area contributed by atoms with Gasteiger partial charge in [-0.25, -0.2) is 8.42 Å². The van der Waals surface area contributed by atoms with Gasteiger partial charge in [0.2, 0.25) is 0 Å². The Kier molecular flexibility index (Phi) is 4.99. The van der Waals surface area contributed by atoms with E-state index in [0.717, 1.165) is 6.26 Å². The molecule has 0 aliphatic heterocycles. The lowest BCUT2D eigenvalue weighted by Gasteiger charge is -2.15. The Balaban J connectivity index is 3.37. The second-order valence-corrected chi connectivity index (χ2v) is 6.51. The average molecular weight is 302 g/mol. The monoisotopic (exact) mass is 302 g/mol. The molecule has 0 fully saturated rings. The minimum atomic E-state index is -3.46. The van der Waals surface area contributed by atoms with Gasteiger partial charge in [0.25, 0.3) is 0 Å². The first-order valence-corrected chi connectivity index (χ1v) is 7.77. The zero-order valence-corrected chi connectivity index (χ0v) is 12.7. The Labute approximate surface area is 118 Å². The summed E-state index contributed by atoms with van der Waals surface area (Å²) in [6, 6.07) is 2.87. The minimum absolute atomic E-state index is 0.0172. The van der Waals surface area contributed by atoms with Gasteiger partial charge in [0.05, 0.1) is 20.1 Å². The van der Waals surface area contributed by atoms with E-state index in [9.17, 15) is 13.2 Å². The largest absolute Gasteiger partial charge is 0.496 e. The van der Waals surface area contributed by atoms with Gasteiger partial charge in [-0.05, 0) is 18.1 Å². The van der Waals surface area contributed by atoms with Gasteiger partial charge in [0, 0.05) is 12.3 Å². The molecule has 0 aliphatic rings. The number of ether oxygens (including phenoxy) is 2. The molecule has 0 saturated heterocycles. The number of methoxy groups -OCH3 is 2. The number of aliphatic carboxylic acids is 1. The summed E-state index contributed by atoms with van der Waals surface area (Å²) in [5.41, 5.74) is 0.589. The summed E-state index contributed by atoms with van der Waals surface area (Å²) in [6.07, 6.45) is 1.29. The van der Waals surface area contributed by atoms with Gasteiger partial charge in [0.1, 0.15) is 16.4 Å². The fourth-order valence-corrected chi connectivity index (χ4v) is 2.63. The van der Waals surface area contributed by atoms with E-state index >= 15 is 0 Å². The van der Waals surface area contributed by atoms with Crippen LogP contribution in [0, 0.1) is 5.92 Å². The van der Waals surface area contributed by atoms with Crippen LogP contribution in [0.1, 0.15) is 12.5 Å². The second-order valence-electron chi connectivity index (χ2n) is 4.53. The van der Waals surface area contributed by atoms with Gasteiger partial charge < -0.3 is 14.6 Å². The predicted molar refractivity (Wildman–Crippen MR) is 73.2 cm³/mol. The Bertz CT molecular complexity index is 606. The van der Waals surface area contributed by atoms with E-state index < -0.39 is 21.7 Å². The third-order valence-corrected chi connectivity index (χ3v) is 4.03. The highest BCUT2D eigenvalue weighted by Crippen LogP contribution is 2.33. The summed E-state index contributed by atoms with van der Waals surface area (Å²) in [5.74, 6) is -1.03. The van der Waals surface area contributed by atoms with Crippen molar-refractivity contribution in [2.24, 2.45) is 5.92 Å². The molecule has 1 aromatic rings. The zero-order valence-electron chi connectivity index (χ0n) is 11.8. The van der Waals surface area contributed by atoms with Crippen molar-refractivity contribution in [1.82, 2.24) is 0 Å². The molecule has 0 saturated carbocycles. The molecular formula is C13H18O6S. The van der Waals surface area contributed by atoms with E-state index in [0.29, 0.717) is 11.3 Å². The zero-order chi connectivity index (χ0) is 15.5. The molecule has 6 nitrogen and oxygen atoms in total. The summed E-state index contributed by atoms with van der Waals surface area (Å²) >= 11 is 0. The van der Waals surface area contributed by atoms with Crippen LogP contribution in [-0.4, -0.2) is 40.0 Å². The summed E-state index contributed by atoms with van der Waals surface area (Å²) in [6.45, 7) is 1.57. The lowest BCUT2D eigenvalue weighted by Crippen LogP contribution is -2.13. The third-order valence-electron chi connectivity index (χ3n) is 2.91. The highest BCUT2D eigenvalue weighted by molar-refractivity contribution is 7.90. The Morgan fingerprint density at radius 3 is 2.20 bits per heavy atom. The van der Waals surface area contributed by atoms with Crippen LogP contribution in [0.15, 0.2) is 17.0 Å². The Morgan fingerprint density at radius 2 is 1.80 bits per heavy atom. The van der Waals surface area contributed by atoms with Gasteiger partial charge in [-0.15, -0.1) is 0 Å². The molecule has 0 aromatic heterocycles. The molecule has 1 atom stereocenters. The molecule has 20 heavy (non-hydrogen) atoms. The predicted octanol–water partition coefficient (Wildman–Crippen LogP) is 1.37. The summed E-state index contributed by atoms with van der Waals surface area (Å²) in [4.78, 5) is 10.9. The second kappa shape index (κ2) is 6.13. The number of hydrogen-bond acceptors (Lipinski definition) is 5. The standard InChI is InChI=1S/C13H18O6S/c1-8(13(14)15)5-9-6-11(19-3)12(20(4,16)17)7-10(9)18-2/h6-8H,5H2,1-4H3,(H,14,15). The molecule has 0 spiro atoms. The lowest BCUT2D eigenvalue weighted by atomic mass is 10.0. The number of hydrogen-bond donors (Lipinski definition) is 1. The average Bonchev–Trinajstić information content (AvgIpc) is 2.36. The van der Waals surface area contributed by atoms with Gasteiger partial charge in [0.15, 0.2) is 9.84 Å². The summed E-state index contributed by atoms with van der Waals surface area (Å²) in [5, 5.41) is 8.95. The fraction of sp³-hybridized carbons (Fsp3) is 0.462. The van der Waals surface area contributed by atoms with E-state index in [2.05, 4.69) is 0 Å². The van der Waals surface area contributed by atoms with Crippen LogP contribution in [0.3, 0.4) is 0 Å². The van der Waals surface area contributed by atoms with Gasteiger partial charge >= 0.3 is 5.97 Å². The molecule has 0 amide bonds. The van der Waals surface area contributed by atoms with Gasteiger partial charge in [-0.2, -0.15) is 0 Å². The van der Waals surface area contributed by atoms with Crippen LogP contribution < -0.4 is 9.47 Å². The summed E-state index contributed by atoms with van der Waals surface area (Å²) < 4.78 is 33.6. The number of carboxylic acid groups (broad SMARTS) is 1. The van der Waals surface area contributed by atoms with Crippen LogP contribution >= 0.6 is 0 Å². The molecule has 1 N–H and O–H groups in total. The highest BCUT2D eigenvalue weighted by atomic mass is 32.2. The number of carbonyl (C=O) groups is 1. The van der Waals surface area contributed by atoms with Crippen molar-refractivity contribution < 1.29 is 27.8 Å². The SMILES string of the molecule is COc1cc(S(C)(=O)=O)c(OC)cc1CC(C)C(=O)O. The molecule has 1 aromatic carbocycles. The quantitative estimate of drug-likeness (QED) is 0.853. The van der Waals surface area contributed by atoms with E-state index in [1.54, 1.807) is 6.92 Å². The number of rotatable bonds is 6. The molecule has 112 valence electrons. The first kappa shape index (κ1) is 16.3. The van der Waals surface area contributed by atoms with Crippen LogP contribution in [0.25, 0.3) is 0 Å². The fourth-order valence-electron chi connectivity index (χ4n) is 1.80. The number of carboxylic acids is 1.